The maximum Gasteiger partial charge on any atom is 0.249 e. The number of hydrogen-bond acceptors (Lipinski definition) is 3. The second kappa shape index (κ2) is 7.45. The second-order valence-corrected chi connectivity index (χ2v) is 6.92. The van der Waals surface area contributed by atoms with Crippen LogP contribution in [-0.4, -0.2) is 43.2 Å². The maximum atomic E-state index is 12.3. The van der Waals surface area contributed by atoms with Crippen molar-refractivity contribution in [2.24, 2.45) is 5.41 Å². The maximum absolute atomic E-state index is 12.3. The number of benzene rings is 1. The summed E-state index contributed by atoms with van der Waals surface area (Å²) in [6.45, 7) is 6.67. The molecular weight excluding hydrogens is 288 g/mol. The Labute approximate surface area is 139 Å². The van der Waals surface area contributed by atoms with Gasteiger partial charge in [-0.15, -0.1) is 0 Å². The van der Waals surface area contributed by atoms with Crippen LogP contribution in [0.2, 0.25) is 0 Å². The largest absolute Gasteiger partial charge is 0.368 e. The molecule has 4 heteroatoms. The molecule has 2 saturated heterocycles. The van der Waals surface area contributed by atoms with Crippen molar-refractivity contribution in [3.05, 3.63) is 35.9 Å². The fraction of sp³-hybridized carbons (Fsp3) is 0.632. The lowest BCUT2D eigenvalue weighted by Gasteiger charge is -2.48. The molecule has 0 saturated carbocycles. The van der Waals surface area contributed by atoms with Crippen molar-refractivity contribution in [1.29, 1.82) is 0 Å². The van der Waals surface area contributed by atoms with Gasteiger partial charge in [0, 0.05) is 25.1 Å². The molecule has 0 aliphatic carbocycles. The number of amides is 1. The summed E-state index contributed by atoms with van der Waals surface area (Å²) in [5.74, 6) is 0.0983. The van der Waals surface area contributed by atoms with E-state index in [2.05, 4.69) is 47.5 Å². The van der Waals surface area contributed by atoms with Crippen molar-refractivity contribution in [2.45, 2.75) is 45.3 Å². The predicted octanol–water partition coefficient (Wildman–Crippen LogP) is 2.58. The van der Waals surface area contributed by atoms with Gasteiger partial charge in [0.1, 0.15) is 6.10 Å². The van der Waals surface area contributed by atoms with Crippen molar-refractivity contribution in [3.63, 3.8) is 0 Å². The molecule has 0 bridgehead atoms. The third-order valence-corrected chi connectivity index (χ3v) is 5.31. The molecule has 4 nitrogen and oxygen atoms in total. The third kappa shape index (κ3) is 3.75. The number of ether oxygens (including phenoxy) is 1. The van der Waals surface area contributed by atoms with Crippen LogP contribution in [0.3, 0.4) is 0 Å². The van der Waals surface area contributed by atoms with Crippen LogP contribution in [0.1, 0.15) is 38.2 Å². The van der Waals surface area contributed by atoms with Gasteiger partial charge in [0.15, 0.2) is 0 Å². The Balaban J connectivity index is 1.62. The molecule has 1 spiro atoms. The van der Waals surface area contributed by atoms with Gasteiger partial charge in [0.25, 0.3) is 0 Å². The smallest absolute Gasteiger partial charge is 0.249 e. The van der Waals surface area contributed by atoms with E-state index in [1.54, 1.807) is 0 Å². The number of likely N-dealkylation sites (tertiary alicyclic amines) is 1. The van der Waals surface area contributed by atoms with Crippen molar-refractivity contribution in [2.75, 3.05) is 26.2 Å². The third-order valence-electron chi connectivity index (χ3n) is 5.31. The molecule has 3 rings (SSSR count). The Morgan fingerprint density at radius 1 is 1.22 bits per heavy atom. The molecule has 2 heterocycles. The van der Waals surface area contributed by atoms with E-state index in [0.717, 1.165) is 51.9 Å². The van der Waals surface area contributed by atoms with Crippen LogP contribution >= 0.6 is 0 Å². The van der Waals surface area contributed by atoms with Gasteiger partial charge >= 0.3 is 0 Å². The fourth-order valence-corrected chi connectivity index (χ4v) is 3.93. The Kier molecular flexibility index (Phi) is 5.34. The van der Waals surface area contributed by atoms with Crippen LogP contribution in [0.25, 0.3) is 0 Å². The average Bonchev–Trinajstić information content (AvgIpc) is 2.58. The molecule has 23 heavy (non-hydrogen) atoms. The zero-order valence-electron chi connectivity index (χ0n) is 14.1. The van der Waals surface area contributed by atoms with Gasteiger partial charge in [0.2, 0.25) is 5.91 Å². The van der Waals surface area contributed by atoms with Gasteiger partial charge in [-0.1, -0.05) is 37.3 Å². The normalized spacial score (nSPS) is 24.6. The molecule has 2 fully saturated rings. The van der Waals surface area contributed by atoms with Crippen molar-refractivity contribution >= 4 is 5.91 Å². The van der Waals surface area contributed by atoms with E-state index in [1.165, 1.54) is 5.56 Å². The van der Waals surface area contributed by atoms with Crippen LogP contribution in [-0.2, 0) is 16.1 Å². The molecular formula is C19H28N2O2. The SMILES string of the molecule is CCCOC1C(=O)NCCC12CCN(Cc1ccccc1)CC2. The molecule has 0 radical (unpaired) electrons. The summed E-state index contributed by atoms with van der Waals surface area (Å²) in [5.41, 5.74) is 1.41. The van der Waals surface area contributed by atoms with Crippen LogP contribution in [0.15, 0.2) is 30.3 Å². The monoisotopic (exact) mass is 316 g/mol. The quantitative estimate of drug-likeness (QED) is 0.908. The highest BCUT2D eigenvalue weighted by Gasteiger charge is 2.47. The number of nitrogens with zero attached hydrogens (tertiary/aromatic N) is 1. The Morgan fingerprint density at radius 2 is 1.96 bits per heavy atom. The zero-order chi connectivity index (χ0) is 16.1. The first-order chi connectivity index (χ1) is 11.2. The first-order valence-electron chi connectivity index (χ1n) is 8.89. The number of carbonyl (C=O) groups is 1. The molecule has 0 aromatic heterocycles. The van der Waals surface area contributed by atoms with Crippen molar-refractivity contribution in [1.82, 2.24) is 10.2 Å². The highest BCUT2D eigenvalue weighted by Crippen LogP contribution is 2.42. The zero-order valence-corrected chi connectivity index (χ0v) is 14.1. The fourth-order valence-electron chi connectivity index (χ4n) is 3.93. The predicted molar refractivity (Wildman–Crippen MR) is 91.0 cm³/mol. The lowest BCUT2D eigenvalue weighted by molar-refractivity contribution is -0.153. The summed E-state index contributed by atoms with van der Waals surface area (Å²) in [6, 6.07) is 10.6. The minimum atomic E-state index is -0.255. The summed E-state index contributed by atoms with van der Waals surface area (Å²) < 4.78 is 5.96. The minimum Gasteiger partial charge on any atom is -0.368 e. The lowest BCUT2D eigenvalue weighted by Crippen LogP contribution is -2.58. The van der Waals surface area contributed by atoms with E-state index in [-0.39, 0.29) is 17.4 Å². The van der Waals surface area contributed by atoms with Gasteiger partial charge in [-0.3, -0.25) is 9.69 Å². The number of rotatable bonds is 5. The summed E-state index contributed by atoms with van der Waals surface area (Å²) >= 11 is 0. The molecule has 1 amide bonds. The summed E-state index contributed by atoms with van der Waals surface area (Å²) in [4.78, 5) is 14.8. The van der Waals surface area contributed by atoms with E-state index in [9.17, 15) is 4.79 Å². The Morgan fingerprint density at radius 3 is 2.65 bits per heavy atom. The highest BCUT2D eigenvalue weighted by molar-refractivity contribution is 5.82. The van der Waals surface area contributed by atoms with Gasteiger partial charge in [-0.25, -0.2) is 0 Å². The van der Waals surface area contributed by atoms with E-state index in [1.807, 2.05) is 0 Å². The van der Waals surface area contributed by atoms with Gasteiger partial charge in [-0.2, -0.15) is 0 Å². The van der Waals surface area contributed by atoms with Crippen LogP contribution in [0, 0.1) is 5.41 Å². The highest BCUT2D eigenvalue weighted by atomic mass is 16.5. The summed E-state index contributed by atoms with van der Waals surface area (Å²) in [7, 11) is 0. The molecule has 2 aliphatic rings. The van der Waals surface area contributed by atoms with E-state index >= 15 is 0 Å². The molecule has 1 aromatic rings. The Bertz CT molecular complexity index is 509. The molecule has 1 N–H and O–H groups in total. The number of carbonyl (C=O) groups excluding carboxylic acids is 1. The van der Waals surface area contributed by atoms with Gasteiger partial charge in [0.05, 0.1) is 0 Å². The van der Waals surface area contributed by atoms with Crippen LogP contribution < -0.4 is 5.32 Å². The Hall–Kier alpha value is -1.39. The number of hydrogen-bond donors (Lipinski definition) is 1. The first-order valence-corrected chi connectivity index (χ1v) is 8.89. The average molecular weight is 316 g/mol. The molecule has 126 valence electrons. The minimum absolute atomic E-state index is 0.0463. The standard InChI is InChI=1S/C19H28N2O2/c1-2-14-23-17-18(22)20-11-8-19(17)9-12-21(13-10-19)15-16-6-4-3-5-7-16/h3-7,17H,2,8-15H2,1H3,(H,20,22). The molecule has 2 aliphatic heterocycles. The first kappa shape index (κ1) is 16.5. The van der Waals surface area contributed by atoms with Gasteiger partial charge in [-0.05, 0) is 44.3 Å². The van der Waals surface area contributed by atoms with Crippen LogP contribution in [0.5, 0.6) is 0 Å². The molecule has 1 aromatic carbocycles. The number of nitrogens with one attached hydrogen (secondary N) is 1. The van der Waals surface area contributed by atoms with Crippen molar-refractivity contribution < 1.29 is 9.53 Å². The van der Waals surface area contributed by atoms with Crippen molar-refractivity contribution in [3.8, 4) is 0 Å². The van der Waals surface area contributed by atoms with Gasteiger partial charge < -0.3 is 10.1 Å². The second-order valence-electron chi connectivity index (χ2n) is 6.92. The van der Waals surface area contributed by atoms with E-state index in [0.29, 0.717) is 6.61 Å². The number of piperidine rings is 2. The lowest BCUT2D eigenvalue weighted by atomic mass is 9.69. The van der Waals surface area contributed by atoms with E-state index in [4.69, 9.17) is 4.74 Å². The molecule has 1 atom stereocenters. The summed E-state index contributed by atoms with van der Waals surface area (Å²) in [6.07, 6.45) is 3.87. The van der Waals surface area contributed by atoms with E-state index < -0.39 is 0 Å². The topological polar surface area (TPSA) is 41.6 Å². The van der Waals surface area contributed by atoms with Crippen LogP contribution in [0.4, 0.5) is 0 Å². The summed E-state index contributed by atoms with van der Waals surface area (Å²) in [5, 5.41) is 2.99. The molecule has 1 unspecified atom stereocenters.